The molecule has 0 saturated carbocycles. The van der Waals surface area contributed by atoms with Crippen LogP contribution in [0.3, 0.4) is 0 Å². The molecular weight excluding hydrogens is 140 g/mol. The molecule has 0 aromatic carbocycles. The predicted molar refractivity (Wildman–Crippen MR) is 41.5 cm³/mol. The Morgan fingerprint density at radius 1 is 1.55 bits per heavy atom. The van der Waals surface area contributed by atoms with Gasteiger partial charge in [0.1, 0.15) is 0 Å². The molecule has 0 unspecified atom stereocenters. The lowest BCUT2D eigenvalue weighted by atomic mass is 10.3. The molecule has 0 spiro atoms. The predicted octanol–water partition coefficient (Wildman–Crippen LogP) is 0.404. The maximum atomic E-state index is 10.5. The molecule has 2 heterocycles. The zero-order valence-corrected chi connectivity index (χ0v) is 6.21. The van der Waals surface area contributed by atoms with E-state index in [1.807, 2.05) is 12.1 Å². The second kappa shape index (κ2) is 2.51. The van der Waals surface area contributed by atoms with Crippen molar-refractivity contribution in [3.63, 3.8) is 0 Å². The minimum Gasteiger partial charge on any atom is -0.340 e. The molecule has 0 saturated heterocycles. The van der Waals surface area contributed by atoms with Gasteiger partial charge in [0, 0.05) is 25.3 Å². The zero-order valence-electron chi connectivity index (χ0n) is 6.21. The van der Waals surface area contributed by atoms with Gasteiger partial charge in [0.2, 0.25) is 0 Å². The number of carbonyl (C=O) groups excluding carboxylic acids is 1. The first-order chi connectivity index (χ1) is 5.42. The van der Waals surface area contributed by atoms with Crippen LogP contribution in [-0.4, -0.2) is 17.4 Å². The summed E-state index contributed by atoms with van der Waals surface area (Å²) < 4.78 is 2.06. The first kappa shape index (κ1) is 6.61. The highest BCUT2D eigenvalue weighted by molar-refractivity contribution is 5.72. The number of rotatable bonds is 1. The molecule has 58 valence electrons. The highest BCUT2D eigenvalue weighted by Gasteiger charge is 2.10. The first-order valence-electron chi connectivity index (χ1n) is 3.76. The molecule has 1 aliphatic rings. The van der Waals surface area contributed by atoms with Crippen molar-refractivity contribution in [2.75, 3.05) is 6.54 Å². The standard InChI is InChI=1S/C8H10N2O/c11-6-8-2-1-7-5-9-3-4-10(7)8/h1-2,6,9H,3-5H2. The third-order valence-electron chi connectivity index (χ3n) is 2.04. The molecule has 0 fully saturated rings. The van der Waals surface area contributed by atoms with Gasteiger partial charge in [-0.25, -0.2) is 0 Å². The maximum absolute atomic E-state index is 10.5. The van der Waals surface area contributed by atoms with Gasteiger partial charge in [-0.15, -0.1) is 0 Å². The quantitative estimate of drug-likeness (QED) is 0.588. The highest BCUT2D eigenvalue weighted by atomic mass is 16.1. The van der Waals surface area contributed by atoms with Crippen LogP contribution in [0.1, 0.15) is 16.2 Å². The molecule has 3 nitrogen and oxygen atoms in total. The van der Waals surface area contributed by atoms with E-state index in [1.54, 1.807) is 0 Å². The van der Waals surface area contributed by atoms with Crippen molar-refractivity contribution in [3.05, 3.63) is 23.5 Å². The van der Waals surface area contributed by atoms with Gasteiger partial charge in [-0.2, -0.15) is 0 Å². The van der Waals surface area contributed by atoms with Gasteiger partial charge in [0.05, 0.1) is 5.69 Å². The fraction of sp³-hybridized carbons (Fsp3) is 0.375. The van der Waals surface area contributed by atoms with Crippen molar-refractivity contribution in [1.82, 2.24) is 9.88 Å². The molecule has 0 radical (unpaired) electrons. The van der Waals surface area contributed by atoms with Gasteiger partial charge in [-0.1, -0.05) is 0 Å². The summed E-state index contributed by atoms with van der Waals surface area (Å²) in [6, 6.07) is 3.87. The fourth-order valence-corrected chi connectivity index (χ4v) is 1.46. The van der Waals surface area contributed by atoms with E-state index in [1.165, 1.54) is 5.69 Å². The number of carbonyl (C=O) groups is 1. The monoisotopic (exact) mass is 150 g/mol. The van der Waals surface area contributed by atoms with E-state index in [-0.39, 0.29) is 0 Å². The average molecular weight is 150 g/mol. The summed E-state index contributed by atoms with van der Waals surface area (Å²) in [6.07, 6.45) is 0.912. The number of nitrogens with one attached hydrogen (secondary N) is 1. The van der Waals surface area contributed by atoms with Crippen LogP contribution in [0.25, 0.3) is 0 Å². The van der Waals surface area contributed by atoms with E-state index in [0.29, 0.717) is 0 Å². The Morgan fingerprint density at radius 2 is 2.45 bits per heavy atom. The lowest BCUT2D eigenvalue weighted by Crippen LogP contribution is -2.28. The number of aromatic nitrogens is 1. The van der Waals surface area contributed by atoms with E-state index in [4.69, 9.17) is 0 Å². The van der Waals surface area contributed by atoms with Crippen LogP contribution in [0.2, 0.25) is 0 Å². The van der Waals surface area contributed by atoms with Crippen molar-refractivity contribution in [3.8, 4) is 0 Å². The van der Waals surface area contributed by atoms with E-state index < -0.39 is 0 Å². The fourth-order valence-electron chi connectivity index (χ4n) is 1.46. The summed E-state index contributed by atoms with van der Waals surface area (Å²) in [5.74, 6) is 0. The van der Waals surface area contributed by atoms with Crippen LogP contribution in [0.15, 0.2) is 12.1 Å². The molecule has 0 atom stereocenters. The Bertz CT molecular complexity index is 278. The minimum atomic E-state index is 0.793. The third kappa shape index (κ3) is 0.973. The molecule has 1 aromatic heterocycles. The molecule has 1 N–H and O–H groups in total. The van der Waals surface area contributed by atoms with Crippen molar-refractivity contribution in [2.24, 2.45) is 0 Å². The van der Waals surface area contributed by atoms with Gasteiger partial charge in [-0.05, 0) is 12.1 Å². The number of hydrogen-bond donors (Lipinski definition) is 1. The Labute approximate surface area is 65.0 Å². The minimum absolute atomic E-state index is 0.793. The second-order valence-corrected chi connectivity index (χ2v) is 2.70. The summed E-state index contributed by atoms with van der Waals surface area (Å²) in [4.78, 5) is 10.5. The smallest absolute Gasteiger partial charge is 0.166 e. The normalized spacial score (nSPS) is 16.0. The lowest BCUT2D eigenvalue weighted by Gasteiger charge is -2.17. The maximum Gasteiger partial charge on any atom is 0.166 e. The SMILES string of the molecule is O=Cc1ccc2n1CCNC2. The Balaban J connectivity index is 2.45. The number of aldehydes is 1. The molecule has 3 heteroatoms. The topological polar surface area (TPSA) is 34.0 Å². The molecule has 1 aliphatic heterocycles. The van der Waals surface area contributed by atoms with Gasteiger partial charge in [-0.3, -0.25) is 4.79 Å². The summed E-state index contributed by atoms with van der Waals surface area (Å²) in [6.45, 7) is 2.76. The van der Waals surface area contributed by atoms with Gasteiger partial charge >= 0.3 is 0 Å². The lowest BCUT2D eigenvalue weighted by molar-refractivity contribution is 0.111. The van der Waals surface area contributed by atoms with Crippen LogP contribution in [-0.2, 0) is 13.1 Å². The van der Waals surface area contributed by atoms with Crippen LogP contribution in [0.5, 0.6) is 0 Å². The first-order valence-corrected chi connectivity index (χ1v) is 3.76. The number of nitrogens with zero attached hydrogens (tertiary/aromatic N) is 1. The van der Waals surface area contributed by atoms with Crippen LogP contribution in [0.4, 0.5) is 0 Å². The van der Waals surface area contributed by atoms with Gasteiger partial charge < -0.3 is 9.88 Å². The van der Waals surface area contributed by atoms with E-state index in [0.717, 1.165) is 31.6 Å². The van der Waals surface area contributed by atoms with Crippen LogP contribution < -0.4 is 5.32 Å². The Hall–Kier alpha value is -1.09. The van der Waals surface area contributed by atoms with Gasteiger partial charge in [0.15, 0.2) is 6.29 Å². The molecule has 2 rings (SSSR count). The van der Waals surface area contributed by atoms with Crippen LogP contribution >= 0.6 is 0 Å². The van der Waals surface area contributed by atoms with Crippen molar-refractivity contribution < 1.29 is 4.79 Å². The molecule has 0 amide bonds. The summed E-state index contributed by atoms with van der Waals surface area (Å²) in [5.41, 5.74) is 2.00. The van der Waals surface area contributed by atoms with Gasteiger partial charge in [0.25, 0.3) is 0 Å². The highest BCUT2D eigenvalue weighted by Crippen LogP contribution is 2.09. The van der Waals surface area contributed by atoms with Crippen molar-refractivity contribution >= 4 is 6.29 Å². The number of hydrogen-bond acceptors (Lipinski definition) is 2. The van der Waals surface area contributed by atoms with E-state index >= 15 is 0 Å². The molecule has 0 bridgehead atoms. The summed E-state index contributed by atoms with van der Waals surface area (Å²) in [5, 5.41) is 3.24. The molecule has 0 aliphatic carbocycles. The van der Waals surface area contributed by atoms with Crippen molar-refractivity contribution in [1.29, 1.82) is 0 Å². The zero-order chi connectivity index (χ0) is 7.68. The molecular formula is C8H10N2O. The Kier molecular flexibility index (Phi) is 1.51. The summed E-state index contributed by atoms with van der Waals surface area (Å²) >= 11 is 0. The summed E-state index contributed by atoms with van der Waals surface area (Å²) in [7, 11) is 0. The molecule has 1 aromatic rings. The average Bonchev–Trinajstić information content (AvgIpc) is 2.47. The Morgan fingerprint density at radius 3 is 3.27 bits per heavy atom. The largest absolute Gasteiger partial charge is 0.340 e. The van der Waals surface area contributed by atoms with E-state index in [9.17, 15) is 4.79 Å². The van der Waals surface area contributed by atoms with E-state index in [2.05, 4.69) is 9.88 Å². The molecule has 11 heavy (non-hydrogen) atoms. The third-order valence-corrected chi connectivity index (χ3v) is 2.04. The van der Waals surface area contributed by atoms with Crippen LogP contribution in [0, 0.1) is 0 Å². The van der Waals surface area contributed by atoms with Crippen molar-refractivity contribution in [2.45, 2.75) is 13.1 Å². The number of fused-ring (bicyclic) bond motifs is 1. The second-order valence-electron chi connectivity index (χ2n) is 2.70.